The number of rotatable bonds is 8. The van der Waals surface area contributed by atoms with Gasteiger partial charge in [0.2, 0.25) is 0 Å². The maximum absolute atomic E-state index is 12.2. The summed E-state index contributed by atoms with van der Waals surface area (Å²) in [7, 11) is 0. The van der Waals surface area contributed by atoms with Crippen LogP contribution < -0.4 is 10.2 Å². The number of nitrogens with one attached hydrogen (secondary N) is 1. The summed E-state index contributed by atoms with van der Waals surface area (Å²) < 4.78 is 10.9. The van der Waals surface area contributed by atoms with E-state index >= 15 is 0 Å². The van der Waals surface area contributed by atoms with Crippen LogP contribution in [0.25, 0.3) is 0 Å². The van der Waals surface area contributed by atoms with Gasteiger partial charge in [-0.25, -0.2) is 5.43 Å². The number of furan rings is 1. The van der Waals surface area contributed by atoms with Crippen molar-refractivity contribution < 1.29 is 18.7 Å². The van der Waals surface area contributed by atoms with Crippen LogP contribution in [0.1, 0.15) is 48.2 Å². The Morgan fingerprint density at radius 3 is 2.32 bits per heavy atom. The number of hydrazone groups is 1. The molecule has 150 valence electrons. The van der Waals surface area contributed by atoms with Crippen molar-refractivity contribution in [3.8, 4) is 5.75 Å². The molecule has 2 amide bonds. The Morgan fingerprint density at radius 2 is 1.79 bits per heavy atom. The van der Waals surface area contributed by atoms with E-state index in [4.69, 9.17) is 9.15 Å². The molecule has 1 aromatic heterocycles. The SMILES string of the molecule is CCN(CC)C(=O)COc1ccc(/C(C)=N\NC(=O)c2cc(C)oc2C)cc1. The summed E-state index contributed by atoms with van der Waals surface area (Å²) in [5.41, 5.74) is 4.49. The fourth-order valence-electron chi connectivity index (χ4n) is 2.72. The van der Waals surface area contributed by atoms with Gasteiger partial charge in [-0.15, -0.1) is 0 Å². The van der Waals surface area contributed by atoms with Crippen molar-refractivity contribution in [3.63, 3.8) is 0 Å². The van der Waals surface area contributed by atoms with Crippen molar-refractivity contribution in [1.29, 1.82) is 0 Å². The summed E-state index contributed by atoms with van der Waals surface area (Å²) >= 11 is 0. The lowest BCUT2D eigenvalue weighted by Crippen LogP contribution is -2.34. The molecule has 28 heavy (non-hydrogen) atoms. The van der Waals surface area contributed by atoms with E-state index in [0.717, 1.165) is 5.56 Å². The van der Waals surface area contributed by atoms with Crippen LogP contribution in [0.4, 0.5) is 0 Å². The quantitative estimate of drug-likeness (QED) is 0.558. The van der Waals surface area contributed by atoms with Crippen LogP contribution in [-0.2, 0) is 4.79 Å². The van der Waals surface area contributed by atoms with E-state index < -0.39 is 0 Å². The van der Waals surface area contributed by atoms with Crippen molar-refractivity contribution in [3.05, 3.63) is 53.0 Å². The molecule has 7 heteroatoms. The highest BCUT2D eigenvalue weighted by Gasteiger charge is 2.13. The Balaban J connectivity index is 1.94. The van der Waals surface area contributed by atoms with E-state index in [9.17, 15) is 9.59 Å². The lowest BCUT2D eigenvalue weighted by atomic mass is 10.1. The first-order chi connectivity index (χ1) is 13.3. The zero-order valence-electron chi connectivity index (χ0n) is 17.0. The van der Waals surface area contributed by atoms with Crippen molar-refractivity contribution in [2.45, 2.75) is 34.6 Å². The summed E-state index contributed by atoms with van der Waals surface area (Å²) in [6.45, 7) is 10.5. The van der Waals surface area contributed by atoms with Gasteiger partial charge in [0.25, 0.3) is 11.8 Å². The number of likely N-dealkylation sites (N-methyl/N-ethyl adjacent to an activating group) is 1. The lowest BCUT2D eigenvalue weighted by molar-refractivity contribution is -0.132. The van der Waals surface area contributed by atoms with Gasteiger partial charge in [0, 0.05) is 13.1 Å². The minimum Gasteiger partial charge on any atom is -0.484 e. The van der Waals surface area contributed by atoms with Crippen LogP contribution in [-0.4, -0.2) is 42.1 Å². The lowest BCUT2D eigenvalue weighted by Gasteiger charge is -2.18. The van der Waals surface area contributed by atoms with E-state index in [-0.39, 0.29) is 18.4 Å². The zero-order valence-corrected chi connectivity index (χ0v) is 17.0. The fourth-order valence-corrected chi connectivity index (χ4v) is 2.72. The molecule has 0 saturated heterocycles. The normalized spacial score (nSPS) is 11.2. The highest BCUT2D eigenvalue weighted by molar-refractivity contribution is 6.01. The summed E-state index contributed by atoms with van der Waals surface area (Å²) in [6.07, 6.45) is 0. The molecule has 0 bridgehead atoms. The molecule has 2 aromatic rings. The van der Waals surface area contributed by atoms with Crippen molar-refractivity contribution in [2.24, 2.45) is 5.10 Å². The second kappa shape index (κ2) is 9.73. The van der Waals surface area contributed by atoms with Gasteiger partial charge in [0.1, 0.15) is 17.3 Å². The third-order valence-electron chi connectivity index (χ3n) is 4.36. The smallest absolute Gasteiger partial charge is 0.274 e. The van der Waals surface area contributed by atoms with E-state index in [0.29, 0.717) is 41.6 Å². The number of benzene rings is 1. The Bertz CT molecular complexity index is 849. The molecule has 7 nitrogen and oxygen atoms in total. The van der Waals surface area contributed by atoms with Gasteiger partial charge in [-0.3, -0.25) is 9.59 Å². The molecule has 2 rings (SSSR count). The molecule has 0 aliphatic rings. The number of carbonyl (C=O) groups excluding carboxylic acids is 2. The Labute approximate surface area is 165 Å². The van der Waals surface area contributed by atoms with Gasteiger partial charge in [0.15, 0.2) is 6.61 Å². The molecule has 0 atom stereocenters. The van der Waals surface area contributed by atoms with Gasteiger partial charge < -0.3 is 14.1 Å². The van der Waals surface area contributed by atoms with E-state index in [1.165, 1.54) is 0 Å². The third-order valence-corrected chi connectivity index (χ3v) is 4.36. The Kier molecular flexibility index (Phi) is 7.37. The molecule has 1 aromatic carbocycles. The van der Waals surface area contributed by atoms with Crippen molar-refractivity contribution in [1.82, 2.24) is 10.3 Å². The molecule has 1 heterocycles. The van der Waals surface area contributed by atoms with Crippen molar-refractivity contribution >= 4 is 17.5 Å². The summed E-state index contributed by atoms with van der Waals surface area (Å²) in [5, 5.41) is 4.14. The van der Waals surface area contributed by atoms with Crippen LogP contribution in [0, 0.1) is 13.8 Å². The van der Waals surface area contributed by atoms with Gasteiger partial charge in [-0.05, 0) is 70.5 Å². The van der Waals surface area contributed by atoms with Crippen LogP contribution >= 0.6 is 0 Å². The maximum Gasteiger partial charge on any atom is 0.274 e. The van der Waals surface area contributed by atoms with E-state index in [2.05, 4.69) is 10.5 Å². The molecule has 1 N–H and O–H groups in total. The highest BCUT2D eigenvalue weighted by atomic mass is 16.5. The molecule has 0 radical (unpaired) electrons. The molecule has 0 aliphatic carbocycles. The number of hydrogen-bond donors (Lipinski definition) is 1. The number of aryl methyl sites for hydroxylation is 2. The second-order valence-corrected chi connectivity index (χ2v) is 6.34. The highest BCUT2D eigenvalue weighted by Crippen LogP contribution is 2.15. The summed E-state index contributed by atoms with van der Waals surface area (Å²) in [4.78, 5) is 25.9. The van der Waals surface area contributed by atoms with Crippen LogP contribution in [0.3, 0.4) is 0 Å². The minimum absolute atomic E-state index is 0.00756. The number of nitrogens with zero attached hydrogens (tertiary/aromatic N) is 2. The molecule has 0 spiro atoms. The largest absolute Gasteiger partial charge is 0.484 e. The molecular weight excluding hydrogens is 358 g/mol. The van der Waals surface area contributed by atoms with Crippen molar-refractivity contribution in [2.75, 3.05) is 19.7 Å². The van der Waals surface area contributed by atoms with Crippen LogP contribution in [0.2, 0.25) is 0 Å². The molecule has 0 unspecified atom stereocenters. The first kappa shape index (κ1) is 21.2. The number of carbonyl (C=O) groups is 2. The molecular formula is C21H27N3O4. The molecule has 0 aliphatic heterocycles. The average Bonchev–Trinajstić information content (AvgIpc) is 3.03. The van der Waals surface area contributed by atoms with E-state index in [1.54, 1.807) is 43.9 Å². The first-order valence-corrected chi connectivity index (χ1v) is 9.28. The predicted octanol–water partition coefficient (Wildman–Crippen LogP) is 3.30. The number of amides is 2. The fraction of sp³-hybridized carbons (Fsp3) is 0.381. The molecule has 0 saturated carbocycles. The van der Waals surface area contributed by atoms with Gasteiger partial charge in [0.05, 0.1) is 11.3 Å². The first-order valence-electron chi connectivity index (χ1n) is 9.28. The Hall–Kier alpha value is -3.09. The van der Waals surface area contributed by atoms with Gasteiger partial charge >= 0.3 is 0 Å². The van der Waals surface area contributed by atoms with Gasteiger partial charge in [-0.2, -0.15) is 5.10 Å². The number of ether oxygens (including phenoxy) is 1. The Morgan fingerprint density at radius 1 is 1.14 bits per heavy atom. The zero-order chi connectivity index (χ0) is 20.7. The molecule has 0 fully saturated rings. The average molecular weight is 385 g/mol. The van der Waals surface area contributed by atoms with Crippen LogP contribution in [0.15, 0.2) is 39.9 Å². The summed E-state index contributed by atoms with van der Waals surface area (Å²) in [5.74, 6) is 1.48. The third kappa shape index (κ3) is 5.45. The monoisotopic (exact) mass is 385 g/mol. The van der Waals surface area contributed by atoms with Crippen LogP contribution in [0.5, 0.6) is 5.75 Å². The standard InChI is InChI=1S/C21H27N3O4/c1-6-24(7-2)20(25)13-27-18-10-8-17(9-11-18)15(4)22-23-21(26)19-12-14(3)28-16(19)5/h8-12H,6-7,13H2,1-5H3,(H,23,26)/b22-15-. The van der Waals surface area contributed by atoms with E-state index in [1.807, 2.05) is 26.0 Å². The minimum atomic E-state index is -0.316. The maximum atomic E-state index is 12.2. The number of hydrogen-bond acceptors (Lipinski definition) is 5. The van der Waals surface area contributed by atoms with Gasteiger partial charge in [-0.1, -0.05) is 0 Å². The predicted molar refractivity (Wildman–Crippen MR) is 108 cm³/mol. The topological polar surface area (TPSA) is 84.1 Å². The second-order valence-electron chi connectivity index (χ2n) is 6.34. The summed E-state index contributed by atoms with van der Waals surface area (Å²) in [6, 6.07) is 8.89.